The highest BCUT2D eigenvalue weighted by Crippen LogP contribution is 2.24. The molecule has 3 rings (SSSR count). The SMILES string of the molecule is CC(C)NC(=O)[C@@H](c1ccccc1)N1CCO[C@H](Cn2cccn2)C1. The van der Waals surface area contributed by atoms with Crippen LogP contribution in [0.15, 0.2) is 48.8 Å². The normalized spacial score (nSPS) is 19.7. The standard InChI is InChI=1S/C19H26N4O2/c1-15(2)21-19(24)18(16-7-4-3-5-8-16)22-11-12-25-17(13-22)14-23-10-6-9-20-23/h3-10,15,17-18H,11-14H2,1-2H3,(H,21,24)/t17-,18+/m0/s1. The largest absolute Gasteiger partial charge is 0.374 e. The second-order valence-corrected chi connectivity index (χ2v) is 6.69. The number of ether oxygens (including phenoxy) is 1. The Morgan fingerprint density at radius 2 is 2.12 bits per heavy atom. The first kappa shape index (κ1) is 17.6. The summed E-state index contributed by atoms with van der Waals surface area (Å²) in [5.41, 5.74) is 1.01. The van der Waals surface area contributed by atoms with Crippen LogP contribution in [0.2, 0.25) is 0 Å². The summed E-state index contributed by atoms with van der Waals surface area (Å²) < 4.78 is 7.77. The Bertz CT molecular complexity index is 657. The Kier molecular flexibility index (Phi) is 5.83. The van der Waals surface area contributed by atoms with E-state index >= 15 is 0 Å². The Balaban J connectivity index is 1.76. The van der Waals surface area contributed by atoms with Crippen molar-refractivity contribution in [1.29, 1.82) is 0 Å². The van der Waals surface area contributed by atoms with Crippen LogP contribution in [0.1, 0.15) is 25.5 Å². The predicted molar refractivity (Wildman–Crippen MR) is 96.0 cm³/mol. The summed E-state index contributed by atoms with van der Waals surface area (Å²) in [7, 11) is 0. The first-order valence-electron chi connectivity index (χ1n) is 8.82. The Morgan fingerprint density at radius 3 is 2.80 bits per heavy atom. The van der Waals surface area contributed by atoms with E-state index in [0.717, 1.165) is 12.1 Å². The van der Waals surface area contributed by atoms with Gasteiger partial charge in [-0.05, 0) is 25.5 Å². The fourth-order valence-corrected chi connectivity index (χ4v) is 3.23. The van der Waals surface area contributed by atoms with E-state index in [0.29, 0.717) is 19.7 Å². The molecule has 134 valence electrons. The van der Waals surface area contributed by atoms with E-state index in [4.69, 9.17) is 4.74 Å². The lowest BCUT2D eigenvalue weighted by atomic mass is 10.0. The Labute approximate surface area is 148 Å². The molecule has 1 aromatic heterocycles. The number of morpholine rings is 1. The van der Waals surface area contributed by atoms with E-state index in [-0.39, 0.29) is 24.1 Å². The van der Waals surface area contributed by atoms with Crippen LogP contribution in [0.25, 0.3) is 0 Å². The number of hydrogen-bond donors (Lipinski definition) is 1. The molecule has 6 nitrogen and oxygen atoms in total. The molecule has 1 aliphatic heterocycles. The highest BCUT2D eigenvalue weighted by Gasteiger charge is 2.32. The van der Waals surface area contributed by atoms with Gasteiger partial charge in [-0.15, -0.1) is 0 Å². The van der Waals surface area contributed by atoms with E-state index in [2.05, 4.69) is 15.3 Å². The molecule has 0 spiro atoms. The van der Waals surface area contributed by atoms with Gasteiger partial charge in [-0.25, -0.2) is 0 Å². The lowest BCUT2D eigenvalue weighted by Gasteiger charge is -2.38. The lowest BCUT2D eigenvalue weighted by molar-refractivity contribution is -0.131. The van der Waals surface area contributed by atoms with Crippen molar-refractivity contribution in [1.82, 2.24) is 20.0 Å². The number of rotatable bonds is 6. The van der Waals surface area contributed by atoms with Crippen LogP contribution < -0.4 is 5.32 Å². The third-order valence-corrected chi connectivity index (χ3v) is 4.28. The van der Waals surface area contributed by atoms with Crippen molar-refractivity contribution in [2.75, 3.05) is 19.7 Å². The van der Waals surface area contributed by atoms with E-state index in [1.807, 2.05) is 61.1 Å². The third kappa shape index (κ3) is 4.67. The van der Waals surface area contributed by atoms with Crippen LogP contribution in [0.4, 0.5) is 0 Å². The summed E-state index contributed by atoms with van der Waals surface area (Å²) in [5.74, 6) is 0.0425. The number of amides is 1. The van der Waals surface area contributed by atoms with Crippen molar-refractivity contribution in [3.05, 3.63) is 54.4 Å². The number of nitrogens with zero attached hydrogens (tertiary/aromatic N) is 3. The van der Waals surface area contributed by atoms with Gasteiger partial charge in [0.1, 0.15) is 6.04 Å². The molecule has 2 heterocycles. The van der Waals surface area contributed by atoms with Crippen LogP contribution in [0.3, 0.4) is 0 Å². The van der Waals surface area contributed by atoms with E-state index in [9.17, 15) is 4.79 Å². The molecule has 0 aliphatic carbocycles. The number of aromatic nitrogens is 2. The summed E-state index contributed by atoms with van der Waals surface area (Å²) in [6.45, 7) is 6.71. The van der Waals surface area contributed by atoms with Gasteiger partial charge in [0.2, 0.25) is 5.91 Å². The highest BCUT2D eigenvalue weighted by atomic mass is 16.5. The molecule has 2 atom stereocenters. The minimum atomic E-state index is -0.298. The topological polar surface area (TPSA) is 59.4 Å². The summed E-state index contributed by atoms with van der Waals surface area (Å²) in [6.07, 6.45) is 3.72. The van der Waals surface area contributed by atoms with Gasteiger partial charge in [0, 0.05) is 31.5 Å². The molecule has 1 saturated heterocycles. The summed E-state index contributed by atoms with van der Waals surface area (Å²) in [5, 5.41) is 7.31. The third-order valence-electron chi connectivity index (χ3n) is 4.28. The smallest absolute Gasteiger partial charge is 0.242 e. The Morgan fingerprint density at radius 1 is 1.32 bits per heavy atom. The first-order chi connectivity index (χ1) is 12.1. The van der Waals surface area contributed by atoms with Gasteiger partial charge in [0.05, 0.1) is 19.3 Å². The average Bonchev–Trinajstić information content (AvgIpc) is 3.09. The van der Waals surface area contributed by atoms with Gasteiger partial charge in [-0.3, -0.25) is 14.4 Å². The van der Waals surface area contributed by atoms with E-state index in [1.165, 1.54) is 0 Å². The van der Waals surface area contributed by atoms with Gasteiger partial charge in [-0.2, -0.15) is 5.10 Å². The molecule has 1 N–H and O–H groups in total. The van der Waals surface area contributed by atoms with Crippen LogP contribution >= 0.6 is 0 Å². The monoisotopic (exact) mass is 342 g/mol. The summed E-state index contributed by atoms with van der Waals surface area (Å²) in [4.78, 5) is 15.1. The van der Waals surface area contributed by atoms with Crippen molar-refractivity contribution in [2.45, 2.75) is 38.6 Å². The minimum Gasteiger partial charge on any atom is -0.374 e. The second-order valence-electron chi connectivity index (χ2n) is 6.69. The van der Waals surface area contributed by atoms with E-state index < -0.39 is 0 Å². The van der Waals surface area contributed by atoms with Gasteiger partial charge in [0.15, 0.2) is 0 Å². The zero-order valence-electron chi connectivity index (χ0n) is 14.8. The van der Waals surface area contributed by atoms with Gasteiger partial charge in [-0.1, -0.05) is 30.3 Å². The molecular weight excluding hydrogens is 316 g/mol. The molecule has 25 heavy (non-hydrogen) atoms. The predicted octanol–water partition coefficient (Wildman–Crippen LogP) is 1.85. The quantitative estimate of drug-likeness (QED) is 0.870. The number of carbonyl (C=O) groups is 1. The summed E-state index contributed by atoms with van der Waals surface area (Å²) in [6, 6.07) is 11.7. The lowest BCUT2D eigenvalue weighted by Crippen LogP contribution is -2.50. The molecule has 6 heteroatoms. The molecular formula is C19H26N4O2. The maximum absolute atomic E-state index is 12.9. The Hall–Kier alpha value is -2.18. The highest BCUT2D eigenvalue weighted by molar-refractivity contribution is 5.83. The average molecular weight is 342 g/mol. The zero-order valence-corrected chi connectivity index (χ0v) is 14.8. The number of nitrogens with one attached hydrogen (secondary N) is 1. The van der Waals surface area contributed by atoms with Gasteiger partial charge >= 0.3 is 0 Å². The van der Waals surface area contributed by atoms with Crippen LogP contribution in [0.5, 0.6) is 0 Å². The molecule has 1 aliphatic rings. The molecule has 0 unspecified atom stereocenters. The summed E-state index contributed by atoms with van der Waals surface area (Å²) >= 11 is 0. The fraction of sp³-hybridized carbons (Fsp3) is 0.474. The van der Waals surface area contributed by atoms with Crippen LogP contribution in [-0.4, -0.2) is 52.4 Å². The zero-order chi connectivity index (χ0) is 17.6. The molecule has 0 saturated carbocycles. The number of carbonyl (C=O) groups excluding carboxylic acids is 1. The number of hydrogen-bond acceptors (Lipinski definition) is 4. The second kappa shape index (κ2) is 8.27. The molecule has 0 radical (unpaired) electrons. The minimum absolute atomic E-state index is 0.0201. The van der Waals surface area contributed by atoms with Crippen LogP contribution in [-0.2, 0) is 16.1 Å². The maximum Gasteiger partial charge on any atom is 0.242 e. The molecule has 1 amide bonds. The number of benzene rings is 1. The fourth-order valence-electron chi connectivity index (χ4n) is 3.23. The van der Waals surface area contributed by atoms with Crippen molar-refractivity contribution in [2.24, 2.45) is 0 Å². The van der Waals surface area contributed by atoms with Crippen molar-refractivity contribution < 1.29 is 9.53 Å². The molecule has 2 aromatic rings. The van der Waals surface area contributed by atoms with Crippen molar-refractivity contribution in [3.63, 3.8) is 0 Å². The molecule has 1 fully saturated rings. The van der Waals surface area contributed by atoms with Crippen molar-refractivity contribution >= 4 is 5.91 Å². The first-order valence-corrected chi connectivity index (χ1v) is 8.82. The van der Waals surface area contributed by atoms with Gasteiger partial charge < -0.3 is 10.1 Å². The van der Waals surface area contributed by atoms with E-state index in [1.54, 1.807) is 6.20 Å². The molecule has 1 aromatic carbocycles. The van der Waals surface area contributed by atoms with Crippen LogP contribution in [0, 0.1) is 0 Å². The molecule has 0 bridgehead atoms. The maximum atomic E-state index is 12.9. The van der Waals surface area contributed by atoms with Gasteiger partial charge in [0.25, 0.3) is 0 Å². The van der Waals surface area contributed by atoms with Crippen molar-refractivity contribution in [3.8, 4) is 0 Å².